The Bertz CT molecular complexity index is 1630. The molecule has 1 aromatic heterocycles. The molecule has 0 aliphatic carbocycles. The van der Waals surface area contributed by atoms with Crippen molar-refractivity contribution in [2.45, 2.75) is 70.7 Å². The lowest BCUT2D eigenvalue weighted by molar-refractivity contribution is -0.139. The summed E-state index contributed by atoms with van der Waals surface area (Å²) in [5.41, 5.74) is 4.18. The van der Waals surface area contributed by atoms with Gasteiger partial charge >= 0.3 is 5.97 Å². The van der Waals surface area contributed by atoms with E-state index in [-0.39, 0.29) is 31.2 Å². The molecule has 0 radical (unpaired) electrons. The highest BCUT2D eigenvalue weighted by Crippen LogP contribution is 2.43. The molecule has 0 unspecified atom stereocenters. The second-order valence-electron chi connectivity index (χ2n) is 11.7. The number of hydrogen-bond acceptors (Lipinski definition) is 5. The van der Waals surface area contributed by atoms with Crippen molar-refractivity contribution in [3.63, 3.8) is 0 Å². The topological polar surface area (TPSA) is 121 Å². The van der Waals surface area contributed by atoms with Gasteiger partial charge < -0.3 is 29.9 Å². The predicted octanol–water partition coefficient (Wildman–Crippen LogP) is 6.70. The number of benzene rings is 3. The highest BCUT2D eigenvalue weighted by Gasteiger charge is 2.31. The summed E-state index contributed by atoms with van der Waals surface area (Å²) in [6, 6.07) is 18.4. The Kier molecular flexibility index (Phi) is 11.3. The van der Waals surface area contributed by atoms with Gasteiger partial charge in [0.15, 0.2) is 0 Å². The van der Waals surface area contributed by atoms with Crippen LogP contribution in [0.15, 0.2) is 72.8 Å². The number of ether oxygens (including phenoxy) is 1. The Hall–Kier alpha value is -4.54. The molecular weight excluding hydrogens is 594 g/mol. The number of methoxy groups -OCH3 is 1. The molecule has 0 fully saturated rings. The van der Waals surface area contributed by atoms with E-state index in [4.69, 9.17) is 9.84 Å². The highest BCUT2D eigenvalue weighted by atomic mass is 19.1. The Morgan fingerprint density at radius 1 is 0.826 bits per heavy atom. The first-order valence-corrected chi connectivity index (χ1v) is 15.2. The zero-order valence-electron chi connectivity index (χ0n) is 26.3. The fraction of sp³-hybridized carbons (Fsp3) is 0.333. The predicted molar refractivity (Wildman–Crippen MR) is 172 cm³/mol. The number of carboxylic acid groups (broad SMARTS) is 1. The first kappa shape index (κ1) is 34.3. The SMILES string of the molecule is COc1ccc([C@H](C)NC(=O)c2c(-c3ccc(F)cc3)c(-c3ccc(F)cc3)c(CC[C@@H](O)C[C@@H](O)CC(=O)O)n2C(C)C)cc1. The van der Waals surface area contributed by atoms with Crippen LogP contribution >= 0.6 is 0 Å². The van der Waals surface area contributed by atoms with Crippen LogP contribution < -0.4 is 10.1 Å². The van der Waals surface area contributed by atoms with Crippen LogP contribution in [0.3, 0.4) is 0 Å². The van der Waals surface area contributed by atoms with Gasteiger partial charge in [-0.25, -0.2) is 8.78 Å². The molecule has 1 heterocycles. The molecule has 0 saturated heterocycles. The van der Waals surface area contributed by atoms with Gasteiger partial charge in [0, 0.05) is 22.9 Å². The van der Waals surface area contributed by atoms with Gasteiger partial charge in [0.25, 0.3) is 5.91 Å². The molecule has 0 saturated carbocycles. The van der Waals surface area contributed by atoms with E-state index in [1.807, 2.05) is 49.6 Å². The van der Waals surface area contributed by atoms with Crippen molar-refractivity contribution in [1.82, 2.24) is 9.88 Å². The Morgan fingerprint density at radius 2 is 1.37 bits per heavy atom. The minimum Gasteiger partial charge on any atom is -0.497 e. The van der Waals surface area contributed by atoms with Gasteiger partial charge in [-0.05, 0) is 93.1 Å². The fourth-order valence-electron chi connectivity index (χ4n) is 5.76. The first-order valence-electron chi connectivity index (χ1n) is 15.2. The van der Waals surface area contributed by atoms with Gasteiger partial charge in [0.05, 0.1) is 31.8 Å². The molecule has 0 spiro atoms. The van der Waals surface area contributed by atoms with Crippen LogP contribution in [0.25, 0.3) is 22.3 Å². The van der Waals surface area contributed by atoms with Gasteiger partial charge in [-0.2, -0.15) is 0 Å². The van der Waals surface area contributed by atoms with E-state index < -0.39 is 42.3 Å². The second kappa shape index (κ2) is 15.2. The van der Waals surface area contributed by atoms with Crippen molar-refractivity contribution in [3.05, 3.63) is 101 Å². The maximum absolute atomic E-state index is 14.3. The number of nitrogens with zero attached hydrogens (tertiary/aromatic N) is 1. The molecule has 244 valence electrons. The van der Waals surface area contributed by atoms with Crippen LogP contribution in [-0.2, 0) is 11.2 Å². The van der Waals surface area contributed by atoms with E-state index in [0.717, 1.165) is 5.56 Å². The second-order valence-corrected chi connectivity index (χ2v) is 11.7. The van der Waals surface area contributed by atoms with Crippen LogP contribution in [0.1, 0.15) is 73.9 Å². The summed E-state index contributed by atoms with van der Waals surface area (Å²) in [4.78, 5) is 25.4. The van der Waals surface area contributed by atoms with E-state index in [0.29, 0.717) is 39.4 Å². The van der Waals surface area contributed by atoms with Crippen LogP contribution in [0.4, 0.5) is 8.78 Å². The maximum atomic E-state index is 14.3. The van der Waals surface area contributed by atoms with Crippen molar-refractivity contribution in [2.75, 3.05) is 7.11 Å². The summed E-state index contributed by atoms with van der Waals surface area (Å²) >= 11 is 0. The highest BCUT2D eigenvalue weighted by molar-refractivity contribution is 6.05. The summed E-state index contributed by atoms with van der Waals surface area (Å²) in [6.45, 7) is 5.70. The molecular formula is C36H40F2N2O6. The number of carboxylic acids is 1. The van der Waals surface area contributed by atoms with E-state index in [1.54, 1.807) is 31.4 Å². The van der Waals surface area contributed by atoms with Crippen molar-refractivity contribution < 1.29 is 38.4 Å². The molecule has 10 heteroatoms. The van der Waals surface area contributed by atoms with E-state index in [1.165, 1.54) is 24.3 Å². The molecule has 4 rings (SSSR count). The minimum absolute atomic E-state index is 0.141. The molecule has 1 amide bonds. The number of amides is 1. The molecule has 0 bridgehead atoms. The summed E-state index contributed by atoms with van der Waals surface area (Å²) in [6.07, 6.45) is -2.51. The molecule has 4 N–H and O–H groups in total. The molecule has 8 nitrogen and oxygen atoms in total. The lowest BCUT2D eigenvalue weighted by atomic mass is 9.92. The van der Waals surface area contributed by atoms with Gasteiger partial charge in [0.1, 0.15) is 23.1 Å². The molecule has 0 aliphatic rings. The maximum Gasteiger partial charge on any atom is 0.305 e. The van der Waals surface area contributed by atoms with Gasteiger partial charge in [-0.3, -0.25) is 9.59 Å². The third-order valence-corrected chi connectivity index (χ3v) is 7.94. The van der Waals surface area contributed by atoms with Crippen molar-refractivity contribution in [1.29, 1.82) is 0 Å². The molecule has 46 heavy (non-hydrogen) atoms. The average molecular weight is 635 g/mol. The molecule has 0 aliphatic heterocycles. The van der Waals surface area contributed by atoms with Crippen molar-refractivity contribution >= 4 is 11.9 Å². The zero-order valence-corrected chi connectivity index (χ0v) is 26.3. The number of nitrogens with one attached hydrogen (secondary N) is 1. The van der Waals surface area contributed by atoms with Crippen LogP contribution in [0, 0.1) is 11.6 Å². The first-order chi connectivity index (χ1) is 21.9. The van der Waals surface area contributed by atoms with Crippen LogP contribution in [0.2, 0.25) is 0 Å². The number of aliphatic carboxylic acids is 1. The quantitative estimate of drug-likeness (QED) is 0.123. The number of aromatic nitrogens is 1. The number of halogens is 2. The van der Waals surface area contributed by atoms with E-state index in [9.17, 15) is 28.6 Å². The number of rotatable bonds is 14. The van der Waals surface area contributed by atoms with Crippen LogP contribution in [0.5, 0.6) is 5.75 Å². The van der Waals surface area contributed by atoms with E-state index >= 15 is 0 Å². The molecule has 3 aromatic carbocycles. The smallest absolute Gasteiger partial charge is 0.305 e. The third kappa shape index (κ3) is 8.18. The van der Waals surface area contributed by atoms with Gasteiger partial charge in [0.2, 0.25) is 0 Å². The number of carbonyl (C=O) groups excluding carboxylic acids is 1. The van der Waals surface area contributed by atoms with Crippen LogP contribution in [-0.4, -0.2) is 51.1 Å². The van der Waals surface area contributed by atoms with Gasteiger partial charge in [-0.15, -0.1) is 0 Å². The zero-order chi connectivity index (χ0) is 33.5. The Balaban J connectivity index is 1.88. The minimum atomic E-state index is -1.23. The fourth-order valence-corrected chi connectivity index (χ4v) is 5.76. The number of carbonyl (C=O) groups is 2. The van der Waals surface area contributed by atoms with Crippen molar-refractivity contribution in [2.24, 2.45) is 0 Å². The normalized spacial score (nSPS) is 13.3. The van der Waals surface area contributed by atoms with Gasteiger partial charge in [-0.1, -0.05) is 36.4 Å². The standard InChI is InChI=1S/C36H40F2N2O6/c1-21(2)40-31(18-15-28(41)19-29(42)20-32(43)44)33(24-5-11-26(37)12-6-24)34(25-7-13-27(38)14-8-25)35(40)36(45)39-22(3)23-9-16-30(46-4)17-10-23/h5-14,16-17,21-22,28-29,41-42H,15,18-20H2,1-4H3,(H,39,45)(H,43,44)/t22-,28+,29+/m0/s1. The summed E-state index contributed by atoms with van der Waals surface area (Å²) in [5.74, 6) is -1.76. The van der Waals surface area contributed by atoms with Crippen molar-refractivity contribution in [3.8, 4) is 28.0 Å². The lowest BCUT2D eigenvalue weighted by Gasteiger charge is -2.21. The summed E-state index contributed by atoms with van der Waals surface area (Å²) < 4.78 is 35.4. The lowest BCUT2D eigenvalue weighted by Crippen LogP contribution is -2.30. The Morgan fingerprint density at radius 3 is 1.87 bits per heavy atom. The number of aliphatic hydroxyl groups is 2. The Labute approximate surface area is 267 Å². The molecule has 4 aromatic rings. The largest absolute Gasteiger partial charge is 0.497 e. The number of aliphatic hydroxyl groups excluding tert-OH is 2. The molecule has 3 atom stereocenters. The third-order valence-electron chi connectivity index (χ3n) is 7.94. The monoisotopic (exact) mass is 634 g/mol. The number of hydrogen-bond donors (Lipinski definition) is 4. The average Bonchev–Trinajstić information content (AvgIpc) is 3.36. The summed E-state index contributed by atoms with van der Waals surface area (Å²) in [7, 11) is 1.57. The van der Waals surface area contributed by atoms with E-state index in [2.05, 4.69) is 5.32 Å². The summed E-state index contributed by atoms with van der Waals surface area (Å²) in [5, 5.41) is 33.0.